The summed E-state index contributed by atoms with van der Waals surface area (Å²) in [7, 11) is 0. The molecule has 0 aromatic heterocycles. The Labute approximate surface area is 88.4 Å². The molecule has 0 aliphatic heterocycles. The molecule has 0 unspecified atom stereocenters. The number of rotatable bonds is 4. The van der Waals surface area contributed by atoms with Crippen LogP contribution in [0.15, 0.2) is 24.3 Å². The summed E-state index contributed by atoms with van der Waals surface area (Å²) in [6.45, 7) is 2.75. The molecule has 4 nitrogen and oxygen atoms in total. The van der Waals surface area contributed by atoms with E-state index >= 15 is 0 Å². The Bertz CT molecular complexity index is 386. The van der Waals surface area contributed by atoms with Crippen molar-refractivity contribution in [3.05, 3.63) is 29.8 Å². The van der Waals surface area contributed by atoms with Crippen molar-refractivity contribution in [1.29, 1.82) is 0 Å². The predicted molar refractivity (Wildman–Crippen MR) is 61.7 cm³/mol. The zero-order valence-electron chi connectivity index (χ0n) is 8.53. The largest absolute Gasteiger partial charge is 0.478 e. The predicted octanol–water partition coefficient (Wildman–Crippen LogP) is 1.80. The van der Waals surface area contributed by atoms with Gasteiger partial charge < -0.3 is 16.2 Å². The molecule has 0 aliphatic rings. The van der Waals surface area contributed by atoms with E-state index in [1.165, 1.54) is 6.08 Å². The molecule has 4 N–H and O–H groups in total. The molecule has 0 saturated carbocycles. The lowest BCUT2D eigenvalue weighted by atomic mass is 10.1. The molecular weight excluding hydrogens is 192 g/mol. The third-order valence-electron chi connectivity index (χ3n) is 1.91. The number of nitrogen functional groups attached to an aromatic ring is 1. The molecule has 0 amide bonds. The molecule has 15 heavy (non-hydrogen) atoms. The molecule has 0 radical (unpaired) electrons. The van der Waals surface area contributed by atoms with Gasteiger partial charge in [0.05, 0.1) is 11.4 Å². The first-order valence-electron chi connectivity index (χ1n) is 4.68. The minimum Gasteiger partial charge on any atom is -0.478 e. The van der Waals surface area contributed by atoms with Gasteiger partial charge in [0, 0.05) is 12.6 Å². The number of hydrogen-bond acceptors (Lipinski definition) is 3. The van der Waals surface area contributed by atoms with Gasteiger partial charge in [-0.2, -0.15) is 0 Å². The highest BCUT2D eigenvalue weighted by Gasteiger charge is 2.01. The molecule has 0 bridgehead atoms. The van der Waals surface area contributed by atoms with Crippen LogP contribution in [-0.2, 0) is 4.79 Å². The zero-order chi connectivity index (χ0) is 11.3. The number of carbonyl (C=O) groups is 1. The number of aliphatic carboxylic acids is 1. The summed E-state index contributed by atoms with van der Waals surface area (Å²) in [6, 6.07) is 5.46. The van der Waals surface area contributed by atoms with E-state index in [2.05, 4.69) is 5.32 Å². The second-order valence-electron chi connectivity index (χ2n) is 3.01. The third kappa shape index (κ3) is 3.02. The molecule has 80 valence electrons. The van der Waals surface area contributed by atoms with Crippen molar-refractivity contribution < 1.29 is 9.90 Å². The van der Waals surface area contributed by atoms with E-state index in [-0.39, 0.29) is 0 Å². The van der Waals surface area contributed by atoms with E-state index in [1.807, 2.05) is 19.1 Å². The van der Waals surface area contributed by atoms with Gasteiger partial charge in [0.1, 0.15) is 0 Å². The van der Waals surface area contributed by atoms with Gasteiger partial charge in [-0.25, -0.2) is 4.79 Å². The summed E-state index contributed by atoms with van der Waals surface area (Å²) >= 11 is 0. The van der Waals surface area contributed by atoms with Gasteiger partial charge in [-0.15, -0.1) is 0 Å². The molecular formula is C11H14N2O2. The van der Waals surface area contributed by atoms with E-state index in [9.17, 15) is 4.79 Å². The summed E-state index contributed by atoms with van der Waals surface area (Å²) in [5.41, 5.74) is 7.94. The van der Waals surface area contributed by atoms with Gasteiger partial charge in [0.25, 0.3) is 0 Å². The first-order chi connectivity index (χ1) is 7.15. The fourth-order valence-electron chi connectivity index (χ4n) is 1.23. The number of para-hydroxylation sites is 1. The van der Waals surface area contributed by atoms with Gasteiger partial charge in [-0.3, -0.25) is 0 Å². The zero-order valence-corrected chi connectivity index (χ0v) is 8.53. The number of hydrogen-bond donors (Lipinski definition) is 3. The monoisotopic (exact) mass is 206 g/mol. The van der Waals surface area contributed by atoms with Crippen LogP contribution in [-0.4, -0.2) is 17.6 Å². The van der Waals surface area contributed by atoms with E-state index < -0.39 is 5.97 Å². The van der Waals surface area contributed by atoms with Crippen LogP contribution in [0.2, 0.25) is 0 Å². The topological polar surface area (TPSA) is 75.3 Å². The molecule has 0 spiro atoms. The van der Waals surface area contributed by atoms with Crippen LogP contribution in [0.25, 0.3) is 6.08 Å². The van der Waals surface area contributed by atoms with Crippen LogP contribution in [0.4, 0.5) is 11.4 Å². The second kappa shape index (κ2) is 5.05. The van der Waals surface area contributed by atoms with Crippen LogP contribution in [0.5, 0.6) is 0 Å². The molecule has 0 atom stereocenters. The highest BCUT2D eigenvalue weighted by molar-refractivity contribution is 5.88. The SMILES string of the molecule is CCNc1cccc(/C=C/C(=O)O)c1N. The summed E-state index contributed by atoms with van der Waals surface area (Å²) in [6.07, 6.45) is 2.56. The van der Waals surface area contributed by atoms with Crippen LogP contribution in [0.3, 0.4) is 0 Å². The Morgan fingerprint density at radius 1 is 1.60 bits per heavy atom. The molecule has 4 heteroatoms. The van der Waals surface area contributed by atoms with Crippen molar-refractivity contribution in [3.63, 3.8) is 0 Å². The van der Waals surface area contributed by atoms with Crippen LogP contribution in [0, 0.1) is 0 Å². The number of nitrogens with two attached hydrogens (primary N) is 1. The third-order valence-corrected chi connectivity index (χ3v) is 1.91. The summed E-state index contributed by atoms with van der Waals surface area (Å²) in [5.74, 6) is -0.983. The van der Waals surface area contributed by atoms with Crippen LogP contribution in [0.1, 0.15) is 12.5 Å². The Hall–Kier alpha value is -1.97. The summed E-state index contributed by atoms with van der Waals surface area (Å²) in [5, 5.41) is 11.6. The van der Waals surface area contributed by atoms with Crippen LogP contribution < -0.4 is 11.1 Å². The molecule has 0 saturated heterocycles. The normalized spacial score (nSPS) is 10.5. The summed E-state index contributed by atoms with van der Waals surface area (Å²) in [4.78, 5) is 10.4. The van der Waals surface area contributed by atoms with E-state index in [0.29, 0.717) is 11.3 Å². The molecule has 1 aromatic carbocycles. The summed E-state index contributed by atoms with van der Waals surface area (Å²) < 4.78 is 0. The van der Waals surface area contributed by atoms with Gasteiger partial charge in [-0.05, 0) is 24.6 Å². The van der Waals surface area contributed by atoms with Crippen molar-refractivity contribution in [2.75, 3.05) is 17.6 Å². The Balaban J connectivity index is 2.98. The first kappa shape index (κ1) is 11.1. The van der Waals surface area contributed by atoms with Crippen LogP contribution >= 0.6 is 0 Å². The standard InChI is InChI=1S/C11H14N2O2/c1-2-13-9-5-3-4-8(11(9)12)6-7-10(14)15/h3-7,13H,2,12H2,1H3,(H,14,15)/b7-6+. The Morgan fingerprint density at radius 3 is 2.93 bits per heavy atom. The number of anilines is 2. The molecule has 0 aliphatic carbocycles. The van der Waals surface area contributed by atoms with Crippen molar-refractivity contribution in [1.82, 2.24) is 0 Å². The number of carboxylic acids is 1. The van der Waals surface area contributed by atoms with E-state index in [1.54, 1.807) is 6.07 Å². The minimum atomic E-state index is -0.983. The average Bonchev–Trinajstić information content (AvgIpc) is 2.19. The van der Waals surface area contributed by atoms with Crippen molar-refractivity contribution in [3.8, 4) is 0 Å². The maximum absolute atomic E-state index is 10.4. The number of nitrogens with one attached hydrogen (secondary N) is 1. The van der Waals surface area contributed by atoms with E-state index in [0.717, 1.165) is 18.3 Å². The van der Waals surface area contributed by atoms with Crippen molar-refractivity contribution in [2.45, 2.75) is 6.92 Å². The maximum Gasteiger partial charge on any atom is 0.328 e. The van der Waals surface area contributed by atoms with Crippen molar-refractivity contribution in [2.24, 2.45) is 0 Å². The average molecular weight is 206 g/mol. The van der Waals surface area contributed by atoms with Gasteiger partial charge >= 0.3 is 5.97 Å². The Kier molecular flexibility index (Phi) is 3.74. The minimum absolute atomic E-state index is 0.567. The lowest BCUT2D eigenvalue weighted by Crippen LogP contribution is -2.02. The first-order valence-corrected chi connectivity index (χ1v) is 4.68. The molecule has 0 heterocycles. The second-order valence-corrected chi connectivity index (χ2v) is 3.01. The van der Waals surface area contributed by atoms with Gasteiger partial charge in [-0.1, -0.05) is 12.1 Å². The highest BCUT2D eigenvalue weighted by Crippen LogP contribution is 2.23. The molecule has 0 fully saturated rings. The van der Waals surface area contributed by atoms with Crippen molar-refractivity contribution >= 4 is 23.4 Å². The maximum atomic E-state index is 10.4. The number of carboxylic acid groups (broad SMARTS) is 1. The quantitative estimate of drug-likeness (QED) is 0.518. The van der Waals surface area contributed by atoms with E-state index in [4.69, 9.17) is 10.8 Å². The molecule has 1 rings (SSSR count). The highest BCUT2D eigenvalue weighted by atomic mass is 16.4. The van der Waals surface area contributed by atoms with Gasteiger partial charge in [0.2, 0.25) is 0 Å². The fourth-order valence-corrected chi connectivity index (χ4v) is 1.23. The van der Waals surface area contributed by atoms with Gasteiger partial charge in [0.15, 0.2) is 0 Å². The lowest BCUT2D eigenvalue weighted by molar-refractivity contribution is -0.131. The fraction of sp³-hybridized carbons (Fsp3) is 0.182. The lowest BCUT2D eigenvalue weighted by Gasteiger charge is -2.08. The smallest absolute Gasteiger partial charge is 0.328 e. The number of benzene rings is 1. The Morgan fingerprint density at radius 2 is 2.33 bits per heavy atom. The molecule has 1 aromatic rings.